The number of carbonyl (C=O) groups is 1. The number of hydrogen-bond acceptors (Lipinski definition) is 6. The van der Waals surface area contributed by atoms with Crippen LogP contribution in [-0.4, -0.2) is 26.6 Å². The third-order valence-electron chi connectivity index (χ3n) is 4.10. The molecule has 1 amide bonds. The van der Waals surface area contributed by atoms with Crippen molar-refractivity contribution in [3.8, 4) is 6.07 Å². The van der Waals surface area contributed by atoms with Crippen LogP contribution in [0.3, 0.4) is 0 Å². The minimum absolute atomic E-state index is 0.187. The molecule has 3 rings (SSSR count). The molecule has 0 bridgehead atoms. The quantitative estimate of drug-likeness (QED) is 0.472. The van der Waals surface area contributed by atoms with Gasteiger partial charge in [0.15, 0.2) is 0 Å². The fraction of sp³-hybridized carbons (Fsp3) is 0.143. The van der Waals surface area contributed by atoms with Gasteiger partial charge in [0.2, 0.25) is 0 Å². The predicted octanol–water partition coefficient (Wildman–Crippen LogP) is 4.08. The van der Waals surface area contributed by atoms with Crippen LogP contribution in [0.15, 0.2) is 70.3 Å². The van der Waals surface area contributed by atoms with E-state index < -0.39 is 10.0 Å². The number of thiophene rings is 1. The number of para-hydroxylation sites is 1. The Hall–Kier alpha value is -2.80. The standard InChI is InChI=1S/C21H19N3O3S3/c22-14-16-6-1-2-7-17(16)15-28-13-11-23-21(25)18-8-3-4-9-19(18)24-30(26,27)20-10-5-12-29-20/h1-10,12,24H,11,13,15H2,(H,23,25). The van der Waals surface area contributed by atoms with Crippen LogP contribution in [0.2, 0.25) is 0 Å². The second-order valence-corrected chi connectivity index (χ2v) is 10.1. The summed E-state index contributed by atoms with van der Waals surface area (Å²) in [5.41, 5.74) is 2.11. The van der Waals surface area contributed by atoms with Crippen LogP contribution in [0.5, 0.6) is 0 Å². The summed E-state index contributed by atoms with van der Waals surface area (Å²) in [5.74, 6) is 0.989. The molecule has 9 heteroatoms. The average Bonchev–Trinajstić information content (AvgIpc) is 3.30. The number of carbonyl (C=O) groups excluding carboxylic acids is 1. The lowest BCUT2D eigenvalue weighted by Gasteiger charge is -2.12. The molecule has 0 aliphatic heterocycles. The number of sulfonamides is 1. The van der Waals surface area contributed by atoms with Gasteiger partial charge in [-0.3, -0.25) is 9.52 Å². The SMILES string of the molecule is N#Cc1ccccc1CSCCNC(=O)c1ccccc1NS(=O)(=O)c1cccs1. The molecule has 6 nitrogen and oxygen atoms in total. The van der Waals surface area contributed by atoms with Crippen molar-refractivity contribution in [2.75, 3.05) is 17.0 Å². The van der Waals surface area contributed by atoms with Gasteiger partial charge in [-0.25, -0.2) is 8.42 Å². The molecular weight excluding hydrogens is 438 g/mol. The van der Waals surface area contributed by atoms with Gasteiger partial charge < -0.3 is 5.32 Å². The molecule has 0 atom stereocenters. The smallest absolute Gasteiger partial charge is 0.271 e. The van der Waals surface area contributed by atoms with Gasteiger partial charge in [0.1, 0.15) is 4.21 Å². The Kier molecular flexibility index (Phi) is 7.52. The summed E-state index contributed by atoms with van der Waals surface area (Å²) in [4.78, 5) is 12.6. The largest absolute Gasteiger partial charge is 0.351 e. The van der Waals surface area contributed by atoms with E-state index in [4.69, 9.17) is 5.26 Å². The Morgan fingerprint density at radius 2 is 1.83 bits per heavy atom. The first-order chi connectivity index (χ1) is 14.5. The Balaban J connectivity index is 1.55. The van der Waals surface area contributed by atoms with E-state index in [-0.39, 0.29) is 21.4 Å². The van der Waals surface area contributed by atoms with Crippen molar-refractivity contribution in [1.82, 2.24) is 5.32 Å². The monoisotopic (exact) mass is 457 g/mol. The Bertz CT molecular complexity index is 1150. The summed E-state index contributed by atoms with van der Waals surface area (Å²) in [5, 5.41) is 13.6. The molecule has 0 spiro atoms. The molecular formula is C21H19N3O3S3. The molecule has 0 fully saturated rings. The van der Waals surface area contributed by atoms with Crippen LogP contribution in [0, 0.1) is 11.3 Å². The summed E-state index contributed by atoms with van der Waals surface area (Å²) >= 11 is 2.72. The number of nitrogens with one attached hydrogen (secondary N) is 2. The highest BCUT2D eigenvalue weighted by Crippen LogP contribution is 2.23. The highest BCUT2D eigenvalue weighted by molar-refractivity contribution is 7.98. The van der Waals surface area contributed by atoms with E-state index in [1.54, 1.807) is 53.5 Å². The van der Waals surface area contributed by atoms with E-state index in [1.807, 2.05) is 18.2 Å². The molecule has 154 valence electrons. The van der Waals surface area contributed by atoms with Gasteiger partial charge in [-0.15, -0.1) is 11.3 Å². The lowest BCUT2D eigenvalue weighted by molar-refractivity contribution is 0.0957. The number of nitriles is 1. The summed E-state index contributed by atoms with van der Waals surface area (Å²) in [6.07, 6.45) is 0. The summed E-state index contributed by atoms with van der Waals surface area (Å²) < 4.78 is 27.6. The van der Waals surface area contributed by atoms with Crippen molar-refractivity contribution >= 4 is 44.7 Å². The van der Waals surface area contributed by atoms with Gasteiger partial charge in [0.25, 0.3) is 15.9 Å². The number of benzene rings is 2. The van der Waals surface area contributed by atoms with Crippen LogP contribution in [0.1, 0.15) is 21.5 Å². The lowest BCUT2D eigenvalue weighted by atomic mass is 10.1. The molecule has 30 heavy (non-hydrogen) atoms. The maximum absolute atomic E-state index is 12.6. The number of rotatable bonds is 9. The predicted molar refractivity (Wildman–Crippen MR) is 121 cm³/mol. The normalized spacial score (nSPS) is 10.9. The van der Waals surface area contributed by atoms with E-state index in [0.29, 0.717) is 23.6 Å². The van der Waals surface area contributed by atoms with Gasteiger partial charge in [0, 0.05) is 18.1 Å². The number of nitrogens with zero attached hydrogens (tertiary/aromatic N) is 1. The molecule has 1 aromatic heterocycles. The Morgan fingerprint density at radius 1 is 1.07 bits per heavy atom. The highest BCUT2D eigenvalue weighted by atomic mass is 32.2. The minimum Gasteiger partial charge on any atom is -0.351 e. The van der Waals surface area contributed by atoms with Crippen LogP contribution >= 0.6 is 23.1 Å². The summed E-state index contributed by atoms with van der Waals surface area (Å²) in [6.45, 7) is 0.421. The fourth-order valence-corrected chi connectivity index (χ4v) is 5.59. The molecule has 0 radical (unpaired) electrons. The maximum atomic E-state index is 12.6. The van der Waals surface area contributed by atoms with Gasteiger partial charge >= 0.3 is 0 Å². The topological polar surface area (TPSA) is 99.1 Å². The molecule has 0 aliphatic rings. The zero-order valence-corrected chi connectivity index (χ0v) is 18.3. The number of thioether (sulfide) groups is 1. The van der Waals surface area contributed by atoms with E-state index >= 15 is 0 Å². The summed E-state index contributed by atoms with van der Waals surface area (Å²) in [6, 6.07) is 19.3. The lowest BCUT2D eigenvalue weighted by Crippen LogP contribution is -2.27. The second kappa shape index (κ2) is 10.3. The molecule has 0 saturated heterocycles. The Morgan fingerprint density at radius 3 is 2.60 bits per heavy atom. The molecule has 0 saturated carbocycles. The molecule has 1 heterocycles. The van der Waals surface area contributed by atoms with Crippen LogP contribution in [0.25, 0.3) is 0 Å². The van der Waals surface area contributed by atoms with Crippen molar-refractivity contribution in [2.45, 2.75) is 9.96 Å². The minimum atomic E-state index is -3.73. The van der Waals surface area contributed by atoms with Gasteiger partial charge in [-0.1, -0.05) is 36.4 Å². The van der Waals surface area contributed by atoms with Crippen molar-refractivity contribution < 1.29 is 13.2 Å². The average molecular weight is 458 g/mol. The van der Waals surface area contributed by atoms with Crippen molar-refractivity contribution in [2.24, 2.45) is 0 Å². The third kappa shape index (κ3) is 5.63. The molecule has 2 N–H and O–H groups in total. The van der Waals surface area contributed by atoms with Gasteiger partial charge in [0.05, 0.1) is 22.9 Å². The van der Waals surface area contributed by atoms with E-state index in [0.717, 1.165) is 16.9 Å². The fourth-order valence-electron chi connectivity index (χ4n) is 2.65. The third-order valence-corrected chi connectivity index (χ3v) is 7.87. The van der Waals surface area contributed by atoms with Crippen molar-refractivity contribution in [1.29, 1.82) is 5.26 Å². The van der Waals surface area contributed by atoms with Gasteiger partial charge in [-0.05, 0) is 35.2 Å². The van der Waals surface area contributed by atoms with Crippen molar-refractivity contribution in [3.05, 3.63) is 82.7 Å². The number of amides is 1. The van der Waals surface area contributed by atoms with E-state index in [9.17, 15) is 13.2 Å². The van der Waals surface area contributed by atoms with Crippen LogP contribution in [-0.2, 0) is 15.8 Å². The summed E-state index contributed by atoms with van der Waals surface area (Å²) in [7, 11) is -3.73. The first-order valence-electron chi connectivity index (χ1n) is 9.00. The van der Waals surface area contributed by atoms with E-state index in [2.05, 4.69) is 16.1 Å². The zero-order chi connectivity index (χ0) is 21.4. The Labute approximate surface area is 184 Å². The number of anilines is 1. The number of hydrogen-bond donors (Lipinski definition) is 2. The van der Waals surface area contributed by atoms with Crippen molar-refractivity contribution in [3.63, 3.8) is 0 Å². The molecule has 0 aliphatic carbocycles. The van der Waals surface area contributed by atoms with Gasteiger partial charge in [-0.2, -0.15) is 17.0 Å². The zero-order valence-electron chi connectivity index (χ0n) is 15.9. The maximum Gasteiger partial charge on any atom is 0.271 e. The van der Waals surface area contributed by atoms with Crippen LogP contribution < -0.4 is 10.0 Å². The van der Waals surface area contributed by atoms with Crippen LogP contribution in [0.4, 0.5) is 5.69 Å². The first kappa shape index (κ1) is 21.9. The first-order valence-corrected chi connectivity index (χ1v) is 12.5. The molecule has 0 unspecified atom stereocenters. The molecule has 2 aromatic carbocycles. The second-order valence-electron chi connectivity index (χ2n) is 6.16. The molecule has 3 aromatic rings. The van der Waals surface area contributed by atoms with E-state index in [1.165, 1.54) is 6.07 Å². The highest BCUT2D eigenvalue weighted by Gasteiger charge is 2.19.